The van der Waals surface area contributed by atoms with E-state index in [0.717, 1.165) is 37.3 Å². The molecular formula is C20H24FNO2. The lowest BCUT2D eigenvalue weighted by Crippen LogP contribution is -2.30. The molecule has 0 unspecified atom stereocenters. The summed E-state index contributed by atoms with van der Waals surface area (Å²) in [5, 5.41) is 3.59. The summed E-state index contributed by atoms with van der Waals surface area (Å²) in [6.07, 6.45) is 2.86. The third-order valence-electron chi connectivity index (χ3n) is 4.75. The normalized spacial score (nSPS) is 16.6. The number of rotatable bonds is 5. The van der Waals surface area contributed by atoms with Crippen molar-refractivity contribution in [3.63, 3.8) is 0 Å². The van der Waals surface area contributed by atoms with E-state index in [1.807, 2.05) is 19.1 Å². The highest BCUT2D eigenvalue weighted by Gasteiger charge is 2.22. The fourth-order valence-corrected chi connectivity index (χ4v) is 3.40. The molecule has 0 radical (unpaired) electrons. The second kappa shape index (κ2) is 7.22. The first-order valence-corrected chi connectivity index (χ1v) is 8.35. The van der Waals surface area contributed by atoms with Crippen LogP contribution in [-0.2, 0) is 12.8 Å². The molecule has 1 heterocycles. The molecule has 128 valence electrons. The molecule has 1 atom stereocenters. The summed E-state index contributed by atoms with van der Waals surface area (Å²) < 4.78 is 24.3. The molecule has 24 heavy (non-hydrogen) atoms. The second-order valence-electron chi connectivity index (χ2n) is 6.28. The average Bonchev–Trinajstić information content (AvgIpc) is 2.61. The number of hydrogen-bond donors (Lipinski definition) is 1. The number of ether oxygens (including phenoxy) is 2. The summed E-state index contributed by atoms with van der Waals surface area (Å²) in [5.41, 5.74) is 4.46. The average molecular weight is 329 g/mol. The predicted octanol–water partition coefficient (Wildman–Crippen LogP) is 3.97. The molecule has 1 aliphatic heterocycles. The van der Waals surface area contributed by atoms with Crippen LogP contribution in [0.25, 0.3) is 0 Å². The third-order valence-corrected chi connectivity index (χ3v) is 4.75. The lowest BCUT2D eigenvalue weighted by Gasteiger charge is -2.28. The van der Waals surface area contributed by atoms with E-state index in [1.54, 1.807) is 20.3 Å². The van der Waals surface area contributed by atoms with Gasteiger partial charge in [0.25, 0.3) is 0 Å². The number of benzene rings is 2. The topological polar surface area (TPSA) is 30.5 Å². The Morgan fingerprint density at radius 2 is 1.88 bits per heavy atom. The third kappa shape index (κ3) is 3.39. The molecule has 1 aliphatic rings. The van der Waals surface area contributed by atoms with Gasteiger partial charge in [-0.1, -0.05) is 12.1 Å². The number of nitrogens with one attached hydrogen (secondary N) is 1. The summed E-state index contributed by atoms with van der Waals surface area (Å²) in [6.45, 7) is 2.76. The molecule has 3 nitrogen and oxygen atoms in total. The fraction of sp³-hybridized carbons (Fsp3) is 0.400. The number of aryl methyl sites for hydroxylation is 2. The Labute approximate surface area is 142 Å². The van der Waals surface area contributed by atoms with E-state index >= 15 is 0 Å². The van der Waals surface area contributed by atoms with E-state index in [-0.39, 0.29) is 11.9 Å². The standard InChI is InChI=1S/C20H24FNO2/c1-13-10-14(4-6-17(13)21)5-7-18-16-12-20(24-3)19(23-2)11-15(16)8-9-22-18/h4,6,10-12,18,22H,5,7-9H2,1-3H3/t18-/m0/s1. The van der Waals surface area contributed by atoms with Crippen LogP contribution in [-0.4, -0.2) is 20.8 Å². The molecule has 0 aliphatic carbocycles. The van der Waals surface area contributed by atoms with Gasteiger partial charge in [0.15, 0.2) is 11.5 Å². The summed E-state index contributed by atoms with van der Waals surface area (Å²) in [6, 6.07) is 9.82. The molecule has 0 amide bonds. The maximum Gasteiger partial charge on any atom is 0.161 e. The second-order valence-corrected chi connectivity index (χ2v) is 6.28. The Kier molecular flexibility index (Phi) is 5.05. The first kappa shape index (κ1) is 16.8. The Bertz CT molecular complexity index is 730. The van der Waals surface area contributed by atoms with Crippen LogP contribution in [0.15, 0.2) is 30.3 Å². The minimum atomic E-state index is -0.142. The van der Waals surface area contributed by atoms with Crippen LogP contribution in [0.1, 0.15) is 34.7 Å². The van der Waals surface area contributed by atoms with Crippen molar-refractivity contribution in [2.24, 2.45) is 0 Å². The first-order valence-electron chi connectivity index (χ1n) is 8.35. The van der Waals surface area contributed by atoms with Gasteiger partial charge in [-0.3, -0.25) is 0 Å². The molecule has 0 saturated carbocycles. The Morgan fingerprint density at radius 3 is 2.58 bits per heavy atom. The van der Waals surface area contributed by atoms with Crippen LogP contribution in [0.3, 0.4) is 0 Å². The van der Waals surface area contributed by atoms with Crippen molar-refractivity contribution in [1.29, 1.82) is 0 Å². The Morgan fingerprint density at radius 1 is 1.12 bits per heavy atom. The van der Waals surface area contributed by atoms with Crippen LogP contribution in [0.5, 0.6) is 11.5 Å². The lowest BCUT2D eigenvalue weighted by molar-refractivity contribution is 0.351. The zero-order chi connectivity index (χ0) is 17.1. The summed E-state index contributed by atoms with van der Waals surface area (Å²) >= 11 is 0. The molecule has 0 fully saturated rings. The van der Waals surface area contributed by atoms with Crippen molar-refractivity contribution < 1.29 is 13.9 Å². The molecule has 2 aromatic rings. The van der Waals surface area contributed by atoms with Gasteiger partial charge in [-0.05, 0) is 73.2 Å². The van der Waals surface area contributed by atoms with Crippen molar-refractivity contribution in [1.82, 2.24) is 5.32 Å². The molecule has 0 spiro atoms. The largest absolute Gasteiger partial charge is 0.493 e. The minimum absolute atomic E-state index is 0.142. The highest BCUT2D eigenvalue weighted by atomic mass is 19.1. The lowest BCUT2D eigenvalue weighted by atomic mass is 9.90. The van der Waals surface area contributed by atoms with Gasteiger partial charge in [0.2, 0.25) is 0 Å². The Balaban J connectivity index is 1.80. The van der Waals surface area contributed by atoms with Gasteiger partial charge < -0.3 is 14.8 Å². The fourth-order valence-electron chi connectivity index (χ4n) is 3.40. The molecule has 2 aromatic carbocycles. The van der Waals surface area contributed by atoms with Gasteiger partial charge in [-0.2, -0.15) is 0 Å². The van der Waals surface area contributed by atoms with E-state index in [9.17, 15) is 4.39 Å². The van der Waals surface area contributed by atoms with E-state index in [0.29, 0.717) is 5.56 Å². The smallest absolute Gasteiger partial charge is 0.161 e. The monoisotopic (exact) mass is 329 g/mol. The molecular weight excluding hydrogens is 305 g/mol. The zero-order valence-electron chi connectivity index (χ0n) is 14.5. The van der Waals surface area contributed by atoms with Crippen LogP contribution in [0.4, 0.5) is 4.39 Å². The minimum Gasteiger partial charge on any atom is -0.493 e. The van der Waals surface area contributed by atoms with Crippen molar-refractivity contribution in [3.05, 3.63) is 58.4 Å². The first-order chi connectivity index (χ1) is 11.6. The maximum atomic E-state index is 13.4. The van der Waals surface area contributed by atoms with E-state index in [2.05, 4.69) is 17.4 Å². The van der Waals surface area contributed by atoms with Gasteiger partial charge in [0, 0.05) is 6.04 Å². The molecule has 4 heteroatoms. The quantitative estimate of drug-likeness (QED) is 0.900. The highest BCUT2D eigenvalue weighted by molar-refractivity contribution is 5.49. The van der Waals surface area contributed by atoms with Crippen molar-refractivity contribution in [2.45, 2.75) is 32.2 Å². The van der Waals surface area contributed by atoms with Gasteiger partial charge >= 0.3 is 0 Å². The van der Waals surface area contributed by atoms with Crippen LogP contribution >= 0.6 is 0 Å². The number of hydrogen-bond acceptors (Lipinski definition) is 3. The number of methoxy groups -OCH3 is 2. The van der Waals surface area contributed by atoms with Crippen molar-refractivity contribution in [3.8, 4) is 11.5 Å². The van der Waals surface area contributed by atoms with Crippen molar-refractivity contribution in [2.75, 3.05) is 20.8 Å². The molecule has 0 saturated heterocycles. The van der Waals surface area contributed by atoms with Gasteiger partial charge in [-0.25, -0.2) is 4.39 Å². The van der Waals surface area contributed by atoms with E-state index < -0.39 is 0 Å². The van der Waals surface area contributed by atoms with Crippen molar-refractivity contribution >= 4 is 0 Å². The maximum absolute atomic E-state index is 13.4. The molecule has 1 N–H and O–H groups in total. The number of fused-ring (bicyclic) bond motifs is 1. The van der Waals surface area contributed by atoms with E-state index in [4.69, 9.17) is 9.47 Å². The zero-order valence-corrected chi connectivity index (χ0v) is 14.5. The predicted molar refractivity (Wildman–Crippen MR) is 93.5 cm³/mol. The molecule has 0 aromatic heterocycles. The number of halogens is 1. The summed E-state index contributed by atoms with van der Waals surface area (Å²) in [4.78, 5) is 0. The van der Waals surface area contributed by atoms with Crippen LogP contribution in [0, 0.1) is 12.7 Å². The SMILES string of the molecule is COc1cc2c(cc1OC)[C@H](CCc1ccc(F)c(C)c1)NCC2. The Hall–Kier alpha value is -2.07. The summed E-state index contributed by atoms with van der Waals surface area (Å²) in [5.74, 6) is 1.41. The molecule has 3 rings (SSSR count). The van der Waals surface area contributed by atoms with E-state index in [1.165, 1.54) is 16.7 Å². The van der Waals surface area contributed by atoms with Gasteiger partial charge in [0.1, 0.15) is 5.82 Å². The summed E-state index contributed by atoms with van der Waals surface area (Å²) in [7, 11) is 3.33. The van der Waals surface area contributed by atoms with Gasteiger partial charge in [0.05, 0.1) is 14.2 Å². The highest BCUT2D eigenvalue weighted by Crippen LogP contribution is 2.36. The van der Waals surface area contributed by atoms with Gasteiger partial charge in [-0.15, -0.1) is 0 Å². The van der Waals surface area contributed by atoms with Crippen LogP contribution < -0.4 is 14.8 Å². The van der Waals surface area contributed by atoms with Crippen LogP contribution in [0.2, 0.25) is 0 Å². The molecule has 0 bridgehead atoms.